The number of carbonyl (C=O) groups is 2. The number of benzene rings is 2. The molecule has 2 aromatic carbocycles. The van der Waals surface area contributed by atoms with Gasteiger partial charge in [0.05, 0.1) is 23.3 Å². The van der Waals surface area contributed by atoms with E-state index in [-0.39, 0.29) is 40.9 Å². The Kier molecular flexibility index (Phi) is 6.68. The van der Waals surface area contributed by atoms with Gasteiger partial charge in [-0.2, -0.15) is 5.10 Å². The summed E-state index contributed by atoms with van der Waals surface area (Å²) in [5.41, 5.74) is 0.728. The lowest BCUT2D eigenvalue weighted by Crippen LogP contribution is -2.47. The molecule has 3 aromatic rings. The quantitative estimate of drug-likeness (QED) is 0.408. The van der Waals surface area contributed by atoms with Gasteiger partial charge in [0.15, 0.2) is 0 Å². The highest BCUT2D eigenvalue weighted by Gasteiger charge is 2.65. The molecule has 200 valence electrons. The second-order valence-corrected chi connectivity index (χ2v) is 12.2. The molecule has 3 amide bonds. The number of likely N-dealkylation sites (tertiary alicyclic amines) is 1. The van der Waals surface area contributed by atoms with Crippen molar-refractivity contribution in [3.05, 3.63) is 81.3 Å². The average molecular weight is 558 g/mol. The summed E-state index contributed by atoms with van der Waals surface area (Å²) in [6.07, 6.45) is 2.41. The maximum absolute atomic E-state index is 15.8. The van der Waals surface area contributed by atoms with Gasteiger partial charge in [-0.05, 0) is 47.6 Å². The molecule has 1 saturated heterocycles. The molecule has 2 N–H and O–H groups in total. The molecule has 5 rings (SSSR count). The van der Waals surface area contributed by atoms with Crippen LogP contribution in [0.15, 0.2) is 48.7 Å². The molecule has 10 heteroatoms. The highest BCUT2D eigenvalue weighted by Crippen LogP contribution is 2.60. The summed E-state index contributed by atoms with van der Waals surface area (Å²) in [5.74, 6) is -1.24. The summed E-state index contributed by atoms with van der Waals surface area (Å²) in [7, 11) is 1.80. The van der Waals surface area contributed by atoms with Gasteiger partial charge >= 0.3 is 6.03 Å². The monoisotopic (exact) mass is 557 g/mol. The highest BCUT2D eigenvalue weighted by molar-refractivity contribution is 6.31. The Hall–Kier alpha value is -3.10. The lowest BCUT2D eigenvalue weighted by molar-refractivity contribution is -0.123. The smallest absolute Gasteiger partial charge is 0.318 e. The molecule has 1 fully saturated rings. The number of nitrogens with one attached hydrogen (secondary N) is 2. The van der Waals surface area contributed by atoms with Gasteiger partial charge in [-0.3, -0.25) is 9.48 Å². The van der Waals surface area contributed by atoms with Crippen LogP contribution in [-0.4, -0.2) is 33.2 Å². The summed E-state index contributed by atoms with van der Waals surface area (Å²) >= 11 is 12.5. The molecular formula is C28H30Cl2FN5O2. The predicted molar refractivity (Wildman–Crippen MR) is 146 cm³/mol. The van der Waals surface area contributed by atoms with Crippen LogP contribution in [0.2, 0.25) is 10.0 Å². The van der Waals surface area contributed by atoms with E-state index < -0.39 is 23.3 Å². The molecule has 38 heavy (non-hydrogen) atoms. The summed E-state index contributed by atoms with van der Waals surface area (Å²) in [5, 5.41) is 10.7. The van der Waals surface area contributed by atoms with Gasteiger partial charge in [-0.15, -0.1) is 0 Å². The van der Waals surface area contributed by atoms with Crippen LogP contribution in [0, 0.1) is 17.2 Å². The van der Waals surface area contributed by atoms with Crippen molar-refractivity contribution >= 4 is 40.8 Å². The number of hydrogen-bond donors (Lipinski definition) is 2. The van der Waals surface area contributed by atoms with E-state index in [0.29, 0.717) is 28.4 Å². The Bertz CT molecular complexity index is 1420. The molecular weight excluding hydrogens is 528 g/mol. The molecule has 7 nitrogen and oxygen atoms in total. The van der Waals surface area contributed by atoms with Crippen molar-refractivity contribution < 1.29 is 14.0 Å². The largest absolute Gasteiger partial charge is 0.332 e. The molecule has 3 unspecified atom stereocenters. The van der Waals surface area contributed by atoms with Crippen molar-refractivity contribution in [3.8, 4) is 0 Å². The van der Waals surface area contributed by atoms with E-state index in [1.54, 1.807) is 47.1 Å². The third-order valence-electron chi connectivity index (χ3n) is 7.44. The Labute approximate surface area is 231 Å². The van der Waals surface area contributed by atoms with Crippen molar-refractivity contribution in [2.24, 2.45) is 18.4 Å². The van der Waals surface area contributed by atoms with E-state index in [9.17, 15) is 9.59 Å². The Morgan fingerprint density at radius 3 is 2.68 bits per heavy atom. The fraction of sp³-hybridized carbons (Fsp3) is 0.393. The highest BCUT2D eigenvalue weighted by atomic mass is 35.5. The molecule has 2 aliphatic rings. The van der Waals surface area contributed by atoms with Crippen molar-refractivity contribution in [2.75, 3.05) is 11.9 Å². The number of amides is 3. The molecule has 1 aromatic heterocycles. The molecule has 0 saturated carbocycles. The minimum Gasteiger partial charge on any atom is -0.332 e. The number of aryl methyl sites for hydroxylation is 1. The SMILES string of the molecule is Cn1ccc(CNC(=O)N2CC(CC(C)(C)C)C3(C(=O)Nc4cc(Cl)ccc43)C2c2cccc(Cl)c2F)n1. The maximum atomic E-state index is 15.8. The van der Waals surface area contributed by atoms with E-state index in [1.165, 1.54) is 6.07 Å². The normalized spacial score (nSPS) is 22.6. The first-order valence-corrected chi connectivity index (χ1v) is 13.3. The first kappa shape index (κ1) is 26.5. The predicted octanol–water partition coefficient (Wildman–Crippen LogP) is 6.08. The van der Waals surface area contributed by atoms with Crippen molar-refractivity contribution in [1.82, 2.24) is 20.0 Å². The van der Waals surface area contributed by atoms with Gasteiger partial charge in [0.1, 0.15) is 11.2 Å². The average Bonchev–Trinajstić information content (AvgIpc) is 3.48. The fourth-order valence-electron chi connectivity index (χ4n) is 6.10. The van der Waals surface area contributed by atoms with Gasteiger partial charge in [-0.25, -0.2) is 9.18 Å². The van der Waals surface area contributed by atoms with E-state index in [2.05, 4.69) is 36.5 Å². The number of hydrogen-bond acceptors (Lipinski definition) is 3. The molecule has 0 bridgehead atoms. The molecule has 1 spiro atoms. The Balaban J connectivity index is 1.68. The standard InChI is InChI=1S/C28H30Cl2FN5O2/c1-27(2,3)13-16-15-36(26(38)32-14-18-10-11-35(4)34-18)24(19-6-5-7-21(30)23(19)31)28(16)20-9-8-17(29)12-22(20)33-25(28)37/h5-12,16,24H,13-15H2,1-4H3,(H,32,38)(H,33,37). The van der Waals surface area contributed by atoms with Crippen LogP contribution < -0.4 is 10.6 Å². The minimum absolute atomic E-state index is 0.0690. The minimum atomic E-state index is -1.25. The lowest BCUT2D eigenvalue weighted by atomic mass is 9.63. The van der Waals surface area contributed by atoms with Crippen LogP contribution in [0.3, 0.4) is 0 Å². The topological polar surface area (TPSA) is 79.3 Å². The van der Waals surface area contributed by atoms with Crippen LogP contribution in [0.25, 0.3) is 0 Å². The number of urea groups is 1. The molecule has 3 heterocycles. The zero-order valence-corrected chi connectivity index (χ0v) is 23.2. The van der Waals surface area contributed by atoms with Gasteiger partial charge < -0.3 is 15.5 Å². The summed E-state index contributed by atoms with van der Waals surface area (Å²) < 4.78 is 17.4. The zero-order valence-electron chi connectivity index (χ0n) is 21.7. The van der Waals surface area contributed by atoms with Crippen molar-refractivity contribution in [3.63, 3.8) is 0 Å². The number of rotatable bonds is 4. The third-order valence-corrected chi connectivity index (χ3v) is 7.97. The summed E-state index contributed by atoms with van der Waals surface area (Å²) in [6.45, 7) is 6.72. The number of fused-ring (bicyclic) bond motifs is 2. The number of nitrogens with zero attached hydrogens (tertiary/aromatic N) is 3. The zero-order chi connectivity index (χ0) is 27.4. The van der Waals surface area contributed by atoms with Crippen LogP contribution in [0.1, 0.15) is 50.1 Å². The maximum Gasteiger partial charge on any atom is 0.318 e. The van der Waals surface area contributed by atoms with E-state index in [0.717, 1.165) is 0 Å². The number of halogens is 3. The molecule has 0 radical (unpaired) electrons. The molecule has 3 atom stereocenters. The summed E-state index contributed by atoms with van der Waals surface area (Å²) in [4.78, 5) is 29.5. The first-order valence-electron chi connectivity index (χ1n) is 12.5. The lowest BCUT2D eigenvalue weighted by Gasteiger charge is -2.38. The number of aromatic nitrogens is 2. The number of carbonyl (C=O) groups excluding carboxylic acids is 2. The van der Waals surface area contributed by atoms with Gasteiger partial charge in [0.2, 0.25) is 5.91 Å². The van der Waals surface area contributed by atoms with Crippen LogP contribution in [0.5, 0.6) is 0 Å². The second kappa shape index (κ2) is 9.58. The van der Waals surface area contributed by atoms with E-state index in [4.69, 9.17) is 23.2 Å². The van der Waals surface area contributed by atoms with E-state index in [1.807, 2.05) is 12.1 Å². The third kappa shape index (κ3) is 4.43. The van der Waals surface area contributed by atoms with E-state index >= 15 is 4.39 Å². The Morgan fingerprint density at radius 1 is 1.24 bits per heavy atom. The van der Waals surface area contributed by atoms with Gasteiger partial charge in [-0.1, -0.05) is 62.2 Å². The summed E-state index contributed by atoms with van der Waals surface area (Å²) in [6, 6.07) is 10.4. The Morgan fingerprint density at radius 2 is 2.00 bits per heavy atom. The second-order valence-electron chi connectivity index (χ2n) is 11.3. The first-order chi connectivity index (χ1) is 17.9. The molecule has 2 aliphatic heterocycles. The van der Waals surface area contributed by atoms with Crippen LogP contribution in [0.4, 0.5) is 14.9 Å². The molecule has 0 aliphatic carbocycles. The van der Waals surface area contributed by atoms with Gasteiger partial charge in [0.25, 0.3) is 0 Å². The fourth-order valence-corrected chi connectivity index (χ4v) is 6.45. The van der Waals surface area contributed by atoms with Gasteiger partial charge in [0, 0.05) is 36.1 Å². The van der Waals surface area contributed by atoms with Crippen molar-refractivity contribution in [2.45, 2.75) is 45.2 Å². The number of anilines is 1. The van der Waals surface area contributed by atoms with Crippen LogP contribution in [-0.2, 0) is 23.8 Å². The van der Waals surface area contributed by atoms with Crippen LogP contribution >= 0.6 is 23.2 Å². The van der Waals surface area contributed by atoms with Crippen molar-refractivity contribution in [1.29, 1.82) is 0 Å².